The smallest absolute Gasteiger partial charge is 0.0791 e. The van der Waals surface area contributed by atoms with Crippen molar-refractivity contribution in [2.45, 2.75) is 39.7 Å². The molecular weight excluding hydrogens is 162 g/mol. The van der Waals surface area contributed by atoms with Crippen LogP contribution in [0.3, 0.4) is 0 Å². The summed E-state index contributed by atoms with van der Waals surface area (Å²) in [5, 5.41) is 9.74. The molecule has 0 spiro atoms. The highest BCUT2D eigenvalue weighted by atomic mass is 16.3. The Hall–Kier alpha value is -0.890. The lowest BCUT2D eigenvalue weighted by Gasteiger charge is -2.10. The Kier molecular flexibility index (Phi) is 3.43. The third-order valence-electron chi connectivity index (χ3n) is 2.05. The molecule has 0 aliphatic heterocycles. The lowest BCUT2D eigenvalue weighted by Crippen LogP contribution is -1.99. The number of pyridine rings is 1. The van der Waals surface area contributed by atoms with E-state index < -0.39 is 0 Å². The van der Waals surface area contributed by atoms with Gasteiger partial charge in [-0.3, -0.25) is 4.98 Å². The summed E-state index contributed by atoms with van der Waals surface area (Å²) in [7, 11) is 0. The van der Waals surface area contributed by atoms with Gasteiger partial charge >= 0.3 is 0 Å². The fraction of sp³-hybridized carbons (Fsp3) is 0.545. The van der Waals surface area contributed by atoms with Crippen LogP contribution in [-0.2, 0) is 0 Å². The molecule has 1 aromatic rings. The van der Waals surface area contributed by atoms with Crippen molar-refractivity contribution in [1.82, 2.24) is 4.98 Å². The van der Waals surface area contributed by atoms with Crippen LogP contribution in [0.1, 0.15) is 42.8 Å². The van der Waals surface area contributed by atoms with E-state index in [4.69, 9.17) is 0 Å². The third kappa shape index (κ3) is 2.81. The van der Waals surface area contributed by atoms with E-state index in [1.807, 2.05) is 26.0 Å². The van der Waals surface area contributed by atoms with Crippen molar-refractivity contribution in [3.05, 3.63) is 29.1 Å². The predicted octanol–water partition coefficient (Wildman–Crippen LogP) is 2.53. The Morgan fingerprint density at radius 2 is 1.85 bits per heavy atom. The standard InChI is InChI=1S/C11H17NO/c1-4-5-11(13)10-6-8(2)12-9(3)7-10/h6-7,11,13H,4-5H2,1-3H3/t11-/m0/s1. The van der Waals surface area contributed by atoms with Crippen LogP contribution in [-0.4, -0.2) is 10.1 Å². The molecule has 0 amide bonds. The Labute approximate surface area is 79.6 Å². The molecule has 2 heteroatoms. The van der Waals surface area contributed by atoms with Crippen molar-refractivity contribution in [2.24, 2.45) is 0 Å². The Balaban J connectivity index is 2.87. The zero-order valence-corrected chi connectivity index (χ0v) is 8.54. The Morgan fingerprint density at radius 3 is 2.31 bits per heavy atom. The highest BCUT2D eigenvalue weighted by molar-refractivity contribution is 5.22. The molecule has 1 N–H and O–H groups in total. The van der Waals surface area contributed by atoms with Crippen molar-refractivity contribution in [3.63, 3.8) is 0 Å². The van der Waals surface area contributed by atoms with Crippen LogP contribution < -0.4 is 0 Å². The molecular formula is C11H17NO. The van der Waals surface area contributed by atoms with Crippen LogP contribution in [0.4, 0.5) is 0 Å². The average molecular weight is 179 g/mol. The summed E-state index contributed by atoms with van der Waals surface area (Å²) < 4.78 is 0. The Morgan fingerprint density at radius 1 is 1.31 bits per heavy atom. The highest BCUT2D eigenvalue weighted by Crippen LogP contribution is 2.19. The van der Waals surface area contributed by atoms with Crippen LogP contribution in [0.15, 0.2) is 12.1 Å². The number of aliphatic hydroxyl groups excluding tert-OH is 1. The van der Waals surface area contributed by atoms with E-state index in [9.17, 15) is 5.11 Å². The second-order valence-electron chi connectivity index (χ2n) is 3.49. The quantitative estimate of drug-likeness (QED) is 0.773. The zero-order valence-electron chi connectivity index (χ0n) is 8.54. The van der Waals surface area contributed by atoms with Gasteiger partial charge in [0.2, 0.25) is 0 Å². The molecule has 1 rings (SSSR count). The molecule has 0 aromatic carbocycles. The van der Waals surface area contributed by atoms with Gasteiger partial charge in [0, 0.05) is 11.4 Å². The maximum Gasteiger partial charge on any atom is 0.0791 e. The summed E-state index contributed by atoms with van der Waals surface area (Å²) in [5.41, 5.74) is 2.95. The van der Waals surface area contributed by atoms with E-state index in [-0.39, 0.29) is 6.10 Å². The first-order valence-corrected chi connectivity index (χ1v) is 4.76. The van der Waals surface area contributed by atoms with E-state index in [1.165, 1.54) is 0 Å². The summed E-state index contributed by atoms with van der Waals surface area (Å²) >= 11 is 0. The van der Waals surface area contributed by atoms with Gasteiger partial charge in [-0.1, -0.05) is 13.3 Å². The van der Waals surface area contributed by atoms with Crippen molar-refractivity contribution >= 4 is 0 Å². The molecule has 13 heavy (non-hydrogen) atoms. The molecule has 1 atom stereocenters. The number of aryl methyl sites for hydroxylation is 2. The molecule has 0 saturated carbocycles. The maximum atomic E-state index is 9.74. The first-order chi connectivity index (χ1) is 6.13. The molecule has 72 valence electrons. The minimum atomic E-state index is -0.328. The number of hydrogen-bond donors (Lipinski definition) is 1. The highest BCUT2D eigenvalue weighted by Gasteiger charge is 2.07. The van der Waals surface area contributed by atoms with E-state index in [0.29, 0.717) is 0 Å². The lowest BCUT2D eigenvalue weighted by molar-refractivity contribution is 0.166. The summed E-state index contributed by atoms with van der Waals surface area (Å²) in [4.78, 5) is 4.27. The Bertz CT molecular complexity index is 263. The van der Waals surface area contributed by atoms with Crippen LogP contribution >= 0.6 is 0 Å². The van der Waals surface area contributed by atoms with Gasteiger partial charge < -0.3 is 5.11 Å². The monoisotopic (exact) mass is 179 g/mol. The first kappa shape index (κ1) is 10.2. The summed E-state index contributed by atoms with van der Waals surface area (Å²) in [6.07, 6.45) is 1.50. The zero-order chi connectivity index (χ0) is 9.84. The molecule has 1 heterocycles. The van der Waals surface area contributed by atoms with Gasteiger partial charge in [0.25, 0.3) is 0 Å². The van der Waals surface area contributed by atoms with Crippen LogP contribution in [0.25, 0.3) is 0 Å². The van der Waals surface area contributed by atoms with Crippen molar-refractivity contribution in [2.75, 3.05) is 0 Å². The van der Waals surface area contributed by atoms with Gasteiger partial charge in [-0.2, -0.15) is 0 Å². The number of aromatic nitrogens is 1. The van der Waals surface area contributed by atoms with E-state index >= 15 is 0 Å². The largest absolute Gasteiger partial charge is 0.388 e. The molecule has 0 radical (unpaired) electrons. The van der Waals surface area contributed by atoms with Crippen LogP contribution in [0.2, 0.25) is 0 Å². The molecule has 1 aromatic heterocycles. The minimum absolute atomic E-state index is 0.328. The fourth-order valence-corrected chi connectivity index (χ4v) is 1.50. The molecule has 0 saturated heterocycles. The van der Waals surface area contributed by atoms with Crippen molar-refractivity contribution < 1.29 is 5.11 Å². The number of aliphatic hydroxyl groups is 1. The van der Waals surface area contributed by atoms with Crippen LogP contribution in [0, 0.1) is 13.8 Å². The summed E-state index contributed by atoms with van der Waals surface area (Å²) in [5.74, 6) is 0. The minimum Gasteiger partial charge on any atom is -0.388 e. The van der Waals surface area contributed by atoms with E-state index in [1.54, 1.807) is 0 Å². The molecule has 0 aliphatic carbocycles. The number of nitrogens with zero attached hydrogens (tertiary/aromatic N) is 1. The second-order valence-corrected chi connectivity index (χ2v) is 3.49. The molecule has 0 unspecified atom stereocenters. The predicted molar refractivity (Wildman–Crippen MR) is 53.6 cm³/mol. The van der Waals surface area contributed by atoms with Gasteiger partial charge in [0.15, 0.2) is 0 Å². The summed E-state index contributed by atoms with van der Waals surface area (Å²) in [6.45, 7) is 5.98. The van der Waals surface area contributed by atoms with Gasteiger partial charge in [-0.15, -0.1) is 0 Å². The summed E-state index contributed by atoms with van der Waals surface area (Å²) in [6, 6.07) is 3.90. The average Bonchev–Trinajstić information content (AvgIpc) is 2.03. The molecule has 0 fully saturated rings. The van der Waals surface area contributed by atoms with Gasteiger partial charge in [-0.25, -0.2) is 0 Å². The van der Waals surface area contributed by atoms with Crippen LogP contribution in [0.5, 0.6) is 0 Å². The molecule has 0 bridgehead atoms. The van der Waals surface area contributed by atoms with Crippen molar-refractivity contribution in [1.29, 1.82) is 0 Å². The second kappa shape index (κ2) is 4.38. The van der Waals surface area contributed by atoms with Gasteiger partial charge in [0.1, 0.15) is 0 Å². The lowest BCUT2D eigenvalue weighted by atomic mass is 10.0. The fourth-order valence-electron chi connectivity index (χ4n) is 1.50. The topological polar surface area (TPSA) is 33.1 Å². The SMILES string of the molecule is CCC[C@H](O)c1cc(C)nc(C)c1. The molecule has 0 aliphatic rings. The van der Waals surface area contributed by atoms with E-state index in [2.05, 4.69) is 11.9 Å². The maximum absolute atomic E-state index is 9.74. The number of rotatable bonds is 3. The molecule has 2 nitrogen and oxygen atoms in total. The third-order valence-corrected chi connectivity index (χ3v) is 2.05. The van der Waals surface area contributed by atoms with Gasteiger partial charge in [-0.05, 0) is 38.0 Å². The van der Waals surface area contributed by atoms with Gasteiger partial charge in [0.05, 0.1) is 6.10 Å². The first-order valence-electron chi connectivity index (χ1n) is 4.76. The number of hydrogen-bond acceptors (Lipinski definition) is 2. The van der Waals surface area contributed by atoms with Crippen molar-refractivity contribution in [3.8, 4) is 0 Å². The normalized spacial score (nSPS) is 12.9. The van der Waals surface area contributed by atoms with E-state index in [0.717, 1.165) is 29.8 Å².